The van der Waals surface area contributed by atoms with Gasteiger partial charge in [0.2, 0.25) is 0 Å². The van der Waals surface area contributed by atoms with Crippen LogP contribution in [0, 0.1) is 5.92 Å². The van der Waals surface area contributed by atoms with Gasteiger partial charge in [-0.15, -0.1) is 0 Å². The molecule has 1 rings (SSSR count). The summed E-state index contributed by atoms with van der Waals surface area (Å²) >= 11 is 0. The number of nitrogens with two attached hydrogens (primary N) is 1. The van der Waals surface area contributed by atoms with Crippen molar-refractivity contribution in [3.8, 4) is 0 Å². The van der Waals surface area contributed by atoms with Crippen molar-refractivity contribution in [1.29, 1.82) is 0 Å². The Morgan fingerprint density at radius 1 is 1.50 bits per heavy atom. The average molecular weight is 284 g/mol. The first-order chi connectivity index (χ1) is 9.27. The standard InChI is InChI=1S/C16H32N2O2/c1-6-20-15(19)16(4,17)11-13(3)18(5)14-9-7-8-12(2)10-14/h12-14H,6-11,17H2,1-5H3. The first kappa shape index (κ1) is 17.4. The Hall–Kier alpha value is -0.610. The SMILES string of the molecule is CCOC(=O)C(C)(N)CC(C)N(C)C1CCCC(C)C1. The minimum atomic E-state index is -0.899. The largest absolute Gasteiger partial charge is 0.465 e. The van der Waals surface area contributed by atoms with Crippen LogP contribution in [0.3, 0.4) is 0 Å². The fraction of sp³-hybridized carbons (Fsp3) is 0.938. The second kappa shape index (κ2) is 7.41. The third kappa shape index (κ3) is 4.74. The quantitative estimate of drug-likeness (QED) is 0.762. The molecule has 1 fully saturated rings. The molecule has 4 nitrogen and oxygen atoms in total. The van der Waals surface area contributed by atoms with Gasteiger partial charge < -0.3 is 15.4 Å². The third-order valence-corrected chi connectivity index (χ3v) is 4.64. The highest BCUT2D eigenvalue weighted by atomic mass is 16.5. The predicted octanol–water partition coefficient (Wildman–Crippen LogP) is 2.56. The summed E-state index contributed by atoms with van der Waals surface area (Å²) in [5.41, 5.74) is 5.24. The molecular weight excluding hydrogens is 252 g/mol. The van der Waals surface area contributed by atoms with Gasteiger partial charge in [-0.1, -0.05) is 19.8 Å². The Morgan fingerprint density at radius 2 is 2.15 bits per heavy atom. The number of carbonyl (C=O) groups excluding carboxylic acids is 1. The monoisotopic (exact) mass is 284 g/mol. The maximum absolute atomic E-state index is 11.9. The van der Waals surface area contributed by atoms with Crippen LogP contribution in [0.4, 0.5) is 0 Å². The van der Waals surface area contributed by atoms with Crippen molar-refractivity contribution >= 4 is 5.97 Å². The number of hydrogen-bond donors (Lipinski definition) is 1. The Balaban J connectivity index is 2.55. The van der Waals surface area contributed by atoms with Crippen LogP contribution in [-0.4, -0.2) is 42.1 Å². The number of nitrogens with zero attached hydrogens (tertiary/aromatic N) is 1. The highest BCUT2D eigenvalue weighted by Crippen LogP contribution is 2.29. The van der Waals surface area contributed by atoms with Gasteiger partial charge in [0.15, 0.2) is 0 Å². The number of hydrogen-bond acceptors (Lipinski definition) is 4. The van der Waals surface area contributed by atoms with Crippen molar-refractivity contribution in [2.24, 2.45) is 11.7 Å². The van der Waals surface area contributed by atoms with E-state index in [0.29, 0.717) is 19.1 Å². The minimum absolute atomic E-state index is 0.282. The topological polar surface area (TPSA) is 55.6 Å². The van der Waals surface area contributed by atoms with Crippen molar-refractivity contribution in [2.45, 2.75) is 77.4 Å². The van der Waals surface area contributed by atoms with Crippen molar-refractivity contribution in [3.63, 3.8) is 0 Å². The zero-order valence-electron chi connectivity index (χ0n) is 13.8. The Morgan fingerprint density at radius 3 is 2.70 bits per heavy atom. The lowest BCUT2D eigenvalue weighted by Gasteiger charge is -2.39. The van der Waals surface area contributed by atoms with E-state index in [2.05, 4.69) is 25.8 Å². The van der Waals surface area contributed by atoms with Gasteiger partial charge in [0.05, 0.1) is 6.61 Å². The van der Waals surface area contributed by atoms with Gasteiger partial charge >= 0.3 is 5.97 Å². The molecule has 4 heteroatoms. The summed E-state index contributed by atoms with van der Waals surface area (Å²) in [5.74, 6) is 0.509. The van der Waals surface area contributed by atoms with E-state index in [1.165, 1.54) is 25.7 Å². The van der Waals surface area contributed by atoms with Crippen molar-refractivity contribution < 1.29 is 9.53 Å². The minimum Gasteiger partial charge on any atom is -0.465 e. The molecule has 0 spiro atoms. The molecule has 0 aromatic carbocycles. The van der Waals surface area contributed by atoms with Crippen LogP contribution in [-0.2, 0) is 9.53 Å². The van der Waals surface area contributed by atoms with E-state index in [1.54, 1.807) is 6.92 Å². The molecule has 2 N–H and O–H groups in total. The fourth-order valence-corrected chi connectivity index (χ4v) is 3.27. The molecule has 1 aliphatic carbocycles. The Bertz CT molecular complexity index is 318. The zero-order chi connectivity index (χ0) is 15.3. The summed E-state index contributed by atoms with van der Waals surface area (Å²) in [6, 6.07) is 0.899. The molecule has 20 heavy (non-hydrogen) atoms. The lowest BCUT2D eigenvalue weighted by atomic mass is 9.85. The molecule has 118 valence electrons. The van der Waals surface area contributed by atoms with Gasteiger partial charge in [-0.05, 0) is 53.0 Å². The van der Waals surface area contributed by atoms with Gasteiger partial charge in [-0.2, -0.15) is 0 Å². The summed E-state index contributed by atoms with van der Waals surface area (Å²) in [6.45, 7) is 8.46. The molecule has 0 amide bonds. The summed E-state index contributed by atoms with van der Waals surface area (Å²) in [7, 11) is 2.16. The third-order valence-electron chi connectivity index (χ3n) is 4.64. The normalized spacial score (nSPS) is 27.9. The maximum atomic E-state index is 11.9. The molecule has 0 bridgehead atoms. The number of carbonyl (C=O) groups is 1. The van der Waals surface area contributed by atoms with Crippen molar-refractivity contribution in [2.75, 3.05) is 13.7 Å². The Labute approximate surface area is 124 Å². The molecular formula is C16H32N2O2. The van der Waals surface area contributed by atoms with Gasteiger partial charge in [0.1, 0.15) is 5.54 Å². The van der Waals surface area contributed by atoms with E-state index in [-0.39, 0.29) is 12.0 Å². The van der Waals surface area contributed by atoms with E-state index in [1.807, 2.05) is 6.92 Å². The molecule has 0 radical (unpaired) electrons. The van der Waals surface area contributed by atoms with Gasteiger partial charge in [-0.25, -0.2) is 0 Å². The summed E-state index contributed by atoms with van der Waals surface area (Å²) in [6.07, 6.45) is 5.79. The van der Waals surface area contributed by atoms with E-state index in [0.717, 1.165) is 5.92 Å². The van der Waals surface area contributed by atoms with Crippen molar-refractivity contribution in [1.82, 2.24) is 4.90 Å². The number of ether oxygens (including phenoxy) is 1. The molecule has 1 aliphatic rings. The van der Waals surface area contributed by atoms with Gasteiger partial charge in [0, 0.05) is 12.1 Å². The molecule has 0 saturated heterocycles. The smallest absolute Gasteiger partial charge is 0.325 e. The summed E-state index contributed by atoms with van der Waals surface area (Å²) in [5, 5.41) is 0. The van der Waals surface area contributed by atoms with E-state index in [4.69, 9.17) is 10.5 Å². The highest BCUT2D eigenvalue weighted by molar-refractivity contribution is 5.80. The van der Waals surface area contributed by atoms with Crippen molar-refractivity contribution in [3.05, 3.63) is 0 Å². The van der Waals surface area contributed by atoms with Crippen LogP contribution < -0.4 is 5.73 Å². The average Bonchev–Trinajstić information content (AvgIpc) is 2.37. The Kier molecular flexibility index (Phi) is 6.46. The highest BCUT2D eigenvalue weighted by Gasteiger charge is 2.34. The van der Waals surface area contributed by atoms with E-state index in [9.17, 15) is 4.79 Å². The number of esters is 1. The summed E-state index contributed by atoms with van der Waals surface area (Å²) < 4.78 is 5.07. The van der Waals surface area contributed by atoms with Crippen LogP contribution in [0.25, 0.3) is 0 Å². The number of rotatable bonds is 6. The lowest BCUT2D eigenvalue weighted by Crippen LogP contribution is -2.52. The maximum Gasteiger partial charge on any atom is 0.325 e. The first-order valence-corrected chi connectivity index (χ1v) is 7.96. The second-order valence-corrected chi connectivity index (χ2v) is 6.78. The van der Waals surface area contributed by atoms with Gasteiger partial charge in [-0.3, -0.25) is 4.79 Å². The van der Waals surface area contributed by atoms with Crippen LogP contribution in [0.15, 0.2) is 0 Å². The molecule has 4 unspecified atom stereocenters. The van der Waals surface area contributed by atoms with E-state index >= 15 is 0 Å². The summed E-state index contributed by atoms with van der Waals surface area (Å²) in [4.78, 5) is 14.3. The molecule has 0 aromatic rings. The zero-order valence-corrected chi connectivity index (χ0v) is 13.8. The molecule has 0 aromatic heterocycles. The first-order valence-electron chi connectivity index (χ1n) is 7.96. The van der Waals surface area contributed by atoms with Crippen LogP contribution in [0.2, 0.25) is 0 Å². The van der Waals surface area contributed by atoms with Crippen LogP contribution in [0.1, 0.15) is 59.8 Å². The van der Waals surface area contributed by atoms with Crippen LogP contribution >= 0.6 is 0 Å². The molecule has 4 atom stereocenters. The fourth-order valence-electron chi connectivity index (χ4n) is 3.27. The van der Waals surface area contributed by atoms with E-state index < -0.39 is 5.54 Å². The predicted molar refractivity (Wildman–Crippen MR) is 82.5 cm³/mol. The molecule has 0 aliphatic heterocycles. The molecule has 1 saturated carbocycles. The van der Waals surface area contributed by atoms with Gasteiger partial charge in [0.25, 0.3) is 0 Å². The van der Waals surface area contributed by atoms with Crippen LogP contribution in [0.5, 0.6) is 0 Å². The lowest BCUT2D eigenvalue weighted by molar-refractivity contribution is -0.149. The molecule has 0 heterocycles. The second-order valence-electron chi connectivity index (χ2n) is 6.78.